The topological polar surface area (TPSA) is 55.8 Å². The highest BCUT2D eigenvalue weighted by atomic mass is 16.5. The second-order valence-corrected chi connectivity index (χ2v) is 4.34. The Bertz CT molecular complexity index is 674. The predicted molar refractivity (Wildman–Crippen MR) is 81.4 cm³/mol. The zero-order valence-corrected chi connectivity index (χ0v) is 11.9. The van der Waals surface area contributed by atoms with Crippen molar-refractivity contribution in [3.8, 4) is 11.5 Å². The number of aromatic hydroxyl groups is 1. The molecule has 0 fully saturated rings. The molecule has 21 heavy (non-hydrogen) atoms. The van der Waals surface area contributed by atoms with Crippen LogP contribution in [0.25, 0.3) is 12.2 Å². The maximum absolute atomic E-state index is 11.7. The summed E-state index contributed by atoms with van der Waals surface area (Å²) >= 11 is 0. The zero-order valence-electron chi connectivity index (χ0n) is 11.9. The van der Waals surface area contributed by atoms with Gasteiger partial charge in [-0.15, -0.1) is 0 Å². The van der Waals surface area contributed by atoms with E-state index >= 15 is 0 Å². The molecule has 0 atom stereocenters. The Kier molecular flexibility index (Phi) is 4.61. The number of carbonyl (C=O) groups is 1. The van der Waals surface area contributed by atoms with E-state index in [1.54, 1.807) is 36.4 Å². The van der Waals surface area contributed by atoms with Crippen LogP contribution in [0, 0.1) is 0 Å². The van der Waals surface area contributed by atoms with Crippen LogP contribution in [0.2, 0.25) is 0 Å². The van der Waals surface area contributed by atoms with Gasteiger partial charge < -0.3 is 14.6 Å². The quantitative estimate of drug-likeness (QED) is 0.691. The fourth-order valence-corrected chi connectivity index (χ4v) is 1.91. The molecule has 0 unspecified atom stereocenters. The molecule has 0 aliphatic rings. The number of phenols is 1. The Balaban J connectivity index is 2.32. The highest BCUT2D eigenvalue weighted by Gasteiger charge is 2.08. The smallest absolute Gasteiger partial charge is 0.338 e. The van der Waals surface area contributed by atoms with Gasteiger partial charge in [-0.05, 0) is 23.8 Å². The van der Waals surface area contributed by atoms with E-state index in [4.69, 9.17) is 9.47 Å². The number of hydrogen-bond donors (Lipinski definition) is 1. The summed E-state index contributed by atoms with van der Waals surface area (Å²) in [5.74, 6) is 0.301. The molecule has 0 bridgehead atoms. The lowest BCUT2D eigenvalue weighted by molar-refractivity contribution is 0.0600. The molecule has 0 saturated heterocycles. The lowest BCUT2D eigenvalue weighted by Gasteiger charge is -2.05. The first-order valence-corrected chi connectivity index (χ1v) is 6.38. The number of methoxy groups -OCH3 is 2. The Morgan fingerprint density at radius 3 is 2.43 bits per heavy atom. The molecule has 0 heterocycles. The molecule has 0 aromatic heterocycles. The van der Waals surface area contributed by atoms with Crippen LogP contribution in [0.5, 0.6) is 11.5 Å². The largest absolute Gasteiger partial charge is 0.507 e. The van der Waals surface area contributed by atoms with Crippen molar-refractivity contribution in [1.29, 1.82) is 0 Å². The third-order valence-corrected chi connectivity index (χ3v) is 3.05. The first-order valence-electron chi connectivity index (χ1n) is 6.38. The Labute approximate surface area is 123 Å². The van der Waals surface area contributed by atoms with Crippen molar-refractivity contribution in [1.82, 2.24) is 0 Å². The lowest BCUT2D eigenvalue weighted by atomic mass is 10.1. The van der Waals surface area contributed by atoms with E-state index in [2.05, 4.69) is 0 Å². The van der Waals surface area contributed by atoms with Crippen LogP contribution in [0.4, 0.5) is 0 Å². The minimum atomic E-state index is -0.394. The molecule has 2 aromatic carbocycles. The average molecular weight is 284 g/mol. The zero-order chi connectivity index (χ0) is 15.2. The van der Waals surface area contributed by atoms with Crippen molar-refractivity contribution >= 4 is 18.1 Å². The molecule has 0 aliphatic carbocycles. The fourth-order valence-electron chi connectivity index (χ4n) is 1.91. The highest BCUT2D eigenvalue weighted by Crippen LogP contribution is 2.25. The highest BCUT2D eigenvalue weighted by molar-refractivity contribution is 5.94. The monoisotopic (exact) mass is 284 g/mol. The third kappa shape index (κ3) is 3.42. The van der Waals surface area contributed by atoms with Crippen LogP contribution in [0.3, 0.4) is 0 Å². The number of esters is 1. The molecule has 2 aromatic rings. The van der Waals surface area contributed by atoms with Crippen LogP contribution < -0.4 is 4.74 Å². The summed E-state index contributed by atoms with van der Waals surface area (Å²) in [6, 6.07) is 12.1. The van der Waals surface area contributed by atoms with Crippen LogP contribution in [-0.2, 0) is 4.74 Å². The molecule has 0 amide bonds. The summed E-state index contributed by atoms with van der Waals surface area (Å²) in [4.78, 5) is 11.7. The van der Waals surface area contributed by atoms with Gasteiger partial charge in [0.1, 0.15) is 11.5 Å². The minimum Gasteiger partial charge on any atom is -0.507 e. The number of rotatable bonds is 4. The third-order valence-electron chi connectivity index (χ3n) is 3.05. The van der Waals surface area contributed by atoms with E-state index in [0.717, 1.165) is 5.56 Å². The fraction of sp³-hybridized carbons (Fsp3) is 0.118. The van der Waals surface area contributed by atoms with Gasteiger partial charge in [-0.25, -0.2) is 4.79 Å². The van der Waals surface area contributed by atoms with E-state index in [1.165, 1.54) is 20.3 Å². The molecule has 0 aliphatic heterocycles. The maximum Gasteiger partial charge on any atom is 0.338 e. The Morgan fingerprint density at radius 1 is 1.05 bits per heavy atom. The second-order valence-electron chi connectivity index (χ2n) is 4.34. The Morgan fingerprint density at radius 2 is 1.76 bits per heavy atom. The van der Waals surface area contributed by atoms with E-state index in [0.29, 0.717) is 16.9 Å². The molecule has 4 nitrogen and oxygen atoms in total. The van der Waals surface area contributed by atoms with Gasteiger partial charge in [-0.2, -0.15) is 0 Å². The van der Waals surface area contributed by atoms with Gasteiger partial charge >= 0.3 is 5.97 Å². The first-order chi connectivity index (χ1) is 10.2. The van der Waals surface area contributed by atoms with Crippen molar-refractivity contribution in [2.24, 2.45) is 0 Å². The average Bonchev–Trinajstić information content (AvgIpc) is 2.53. The molecule has 4 heteroatoms. The minimum absolute atomic E-state index is 0.112. The number of ether oxygens (including phenoxy) is 2. The van der Waals surface area contributed by atoms with E-state index in [1.807, 2.05) is 12.1 Å². The Hall–Kier alpha value is -2.75. The number of hydrogen-bond acceptors (Lipinski definition) is 4. The molecule has 2 rings (SSSR count). The molecule has 108 valence electrons. The van der Waals surface area contributed by atoms with Gasteiger partial charge in [0.15, 0.2) is 0 Å². The summed E-state index contributed by atoms with van der Waals surface area (Å²) in [7, 11) is 2.88. The van der Waals surface area contributed by atoms with Crippen molar-refractivity contribution in [3.63, 3.8) is 0 Å². The van der Waals surface area contributed by atoms with Crippen LogP contribution in [0.15, 0.2) is 42.5 Å². The summed E-state index contributed by atoms with van der Waals surface area (Å²) in [5, 5.41) is 9.90. The number of carbonyl (C=O) groups excluding carboxylic acids is 1. The first kappa shape index (κ1) is 14.7. The normalized spacial score (nSPS) is 10.6. The molecule has 1 N–H and O–H groups in total. The number of phenolic OH excluding ortho intramolecular Hbond substituents is 1. The molecule has 0 saturated carbocycles. The van der Waals surface area contributed by atoms with E-state index in [-0.39, 0.29) is 5.75 Å². The van der Waals surface area contributed by atoms with Crippen molar-refractivity contribution in [2.75, 3.05) is 14.2 Å². The van der Waals surface area contributed by atoms with Gasteiger partial charge in [0.25, 0.3) is 0 Å². The number of benzene rings is 2. The van der Waals surface area contributed by atoms with Crippen molar-refractivity contribution in [3.05, 3.63) is 59.2 Å². The van der Waals surface area contributed by atoms with Gasteiger partial charge in [0, 0.05) is 11.6 Å². The molecular formula is C17H16O4. The van der Waals surface area contributed by atoms with Crippen molar-refractivity contribution < 1.29 is 19.4 Å². The van der Waals surface area contributed by atoms with Gasteiger partial charge in [0.05, 0.1) is 19.8 Å². The van der Waals surface area contributed by atoms with Gasteiger partial charge in [-0.1, -0.05) is 30.4 Å². The van der Waals surface area contributed by atoms with Gasteiger partial charge in [0.2, 0.25) is 0 Å². The molecular weight excluding hydrogens is 268 g/mol. The van der Waals surface area contributed by atoms with E-state index < -0.39 is 5.97 Å². The maximum atomic E-state index is 11.7. The van der Waals surface area contributed by atoms with E-state index in [9.17, 15) is 9.90 Å². The molecule has 0 radical (unpaired) electrons. The van der Waals surface area contributed by atoms with Gasteiger partial charge in [-0.3, -0.25) is 0 Å². The SMILES string of the molecule is COC(=O)c1ccccc1/C=C/c1ccc(OC)cc1O. The van der Waals surface area contributed by atoms with Crippen LogP contribution in [0.1, 0.15) is 21.5 Å². The standard InChI is InChI=1S/C17H16O4/c1-20-14-10-9-13(16(18)11-14)8-7-12-5-3-4-6-15(12)17(19)21-2/h3-11,18H,1-2H3/b8-7+. The summed E-state index contributed by atoms with van der Waals surface area (Å²) in [6.07, 6.45) is 3.49. The summed E-state index contributed by atoms with van der Waals surface area (Å²) < 4.78 is 9.78. The molecule has 0 spiro atoms. The predicted octanol–water partition coefficient (Wildman–Crippen LogP) is 3.36. The summed E-state index contributed by atoms with van der Waals surface area (Å²) in [5.41, 5.74) is 1.83. The summed E-state index contributed by atoms with van der Waals surface area (Å²) in [6.45, 7) is 0. The van der Waals surface area contributed by atoms with Crippen LogP contribution >= 0.6 is 0 Å². The van der Waals surface area contributed by atoms with Crippen molar-refractivity contribution in [2.45, 2.75) is 0 Å². The lowest BCUT2D eigenvalue weighted by Crippen LogP contribution is -2.02. The van der Waals surface area contributed by atoms with Crippen LogP contribution in [-0.4, -0.2) is 25.3 Å². The second kappa shape index (κ2) is 6.61.